The Kier molecular flexibility index (Phi) is 4.95. The number of carbonyl (C=O) groups excluding carboxylic acids is 1. The molecule has 2 aromatic carbocycles. The molecule has 0 unspecified atom stereocenters. The number of aryl methyl sites for hydroxylation is 1. The highest BCUT2D eigenvalue weighted by Crippen LogP contribution is 2.24. The third kappa shape index (κ3) is 3.49. The lowest BCUT2D eigenvalue weighted by Gasteiger charge is -2.36. The molecule has 0 bridgehead atoms. The van der Waals surface area contributed by atoms with Crippen molar-refractivity contribution < 1.29 is 9.53 Å². The molecule has 1 heterocycles. The highest BCUT2D eigenvalue weighted by atomic mass is 35.5. The van der Waals surface area contributed by atoms with Crippen LogP contribution in [0.3, 0.4) is 0 Å². The highest BCUT2D eigenvalue weighted by Gasteiger charge is 2.22. The summed E-state index contributed by atoms with van der Waals surface area (Å²) in [5.41, 5.74) is 2.85. The van der Waals surface area contributed by atoms with E-state index in [9.17, 15) is 4.79 Å². The summed E-state index contributed by atoms with van der Waals surface area (Å²) in [6, 6.07) is 13.4. The second-order valence-electron chi connectivity index (χ2n) is 5.94. The van der Waals surface area contributed by atoms with Crippen LogP contribution in [0.5, 0.6) is 5.75 Å². The lowest BCUT2D eigenvalue weighted by molar-refractivity contribution is 0.0746. The first-order valence-corrected chi connectivity index (χ1v) is 8.40. The van der Waals surface area contributed by atoms with Gasteiger partial charge in [-0.15, -0.1) is 0 Å². The van der Waals surface area contributed by atoms with E-state index in [4.69, 9.17) is 16.3 Å². The van der Waals surface area contributed by atoms with Crippen LogP contribution in [0.25, 0.3) is 0 Å². The van der Waals surface area contributed by atoms with Gasteiger partial charge in [0.1, 0.15) is 5.75 Å². The number of nitrogens with zero attached hydrogens (tertiary/aromatic N) is 2. The summed E-state index contributed by atoms with van der Waals surface area (Å²) in [7, 11) is 1.61. The Morgan fingerprint density at radius 3 is 2.50 bits per heavy atom. The maximum Gasteiger partial charge on any atom is 0.254 e. The molecule has 0 radical (unpaired) electrons. The zero-order chi connectivity index (χ0) is 17.1. The van der Waals surface area contributed by atoms with Crippen LogP contribution in [0.1, 0.15) is 15.9 Å². The number of benzene rings is 2. The second kappa shape index (κ2) is 7.14. The van der Waals surface area contributed by atoms with E-state index in [1.807, 2.05) is 42.2 Å². The first kappa shape index (κ1) is 16.7. The Balaban J connectivity index is 1.65. The fourth-order valence-corrected chi connectivity index (χ4v) is 3.06. The molecule has 0 saturated carbocycles. The van der Waals surface area contributed by atoms with Crippen molar-refractivity contribution in [3.8, 4) is 5.75 Å². The number of methoxy groups -OCH3 is 1. The first-order chi connectivity index (χ1) is 11.6. The van der Waals surface area contributed by atoms with Gasteiger partial charge in [0.15, 0.2) is 0 Å². The van der Waals surface area contributed by atoms with Gasteiger partial charge in [0.05, 0.1) is 7.11 Å². The van der Waals surface area contributed by atoms with Crippen LogP contribution in [0.2, 0.25) is 5.02 Å². The predicted molar refractivity (Wildman–Crippen MR) is 97.3 cm³/mol. The molecule has 1 fully saturated rings. The van der Waals surface area contributed by atoms with Crippen LogP contribution in [0.15, 0.2) is 42.5 Å². The fourth-order valence-electron chi connectivity index (χ4n) is 2.88. The van der Waals surface area contributed by atoms with Gasteiger partial charge in [0, 0.05) is 42.5 Å². The molecule has 0 aliphatic carbocycles. The Morgan fingerprint density at radius 2 is 1.83 bits per heavy atom. The van der Waals surface area contributed by atoms with Gasteiger partial charge in [0.25, 0.3) is 5.91 Å². The zero-order valence-electron chi connectivity index (χ0n) is 14.0. The molecule has 0 aromatic heterocycles. The molecular formula is C19H21ClN2O2. The van der Waals surface area contributed by atoms with Gasteiger partial charge in [-0.3, -0.25) is 4.79 Å². The molecule has 0 N–H and O–H groups in total. The zero-order valence-corrected chi connectivity index (χ0v) is 14.7. The Labute approximate surface area is 147 Å². The molecule has 5 heteroatoms. The minimum Gasteiger partial charge on any atom is -0.497 e. The summed E-state index contributed by atoms with van der Waals surface area (Å²) in [6.45, 7) is 4.99. The van der Waals surface area contributed by atoms with Crippen molar-refractivity contribution in [2.75, 3.05) is 38.2 Å². The van der Waals surface area contributed by atoms with Crippen molar-refractivity contribution in [3.63, 3.8) is 0 Å². The van der Waals surface area contributed by atoms with E-state index in [2.05, 4.69) is 11.0 Å². The van der Waals surface area contributed by atoms with Crippen molar-refractivity contribution in [1.29, 1.82) is 0 Å². The topological polar surface area (TPSA) is 32.8 Å². The molecule has 1 aliphatic rings. The summed E-state index contributed by atoms with van der Waals surface area (Å²) in [5, 5.41) is 0.780. The molecule has 1 aliphatic heterocycles. The number of carbonyl (C=O) groups is 1. The third-order valence-corrected chi connectivity index (χ3v) is 4.81. The van der Waals surface area contributed by atoms with Gasteiger partial charge in [-0.25, -0.2) is 0 Å². The monoisotopic (exact) mass is 344 g/mol. The molecule has 126 valence electrons. The van der Waals surface area contributed by atoms with Crippen molar-refractivity contribution in [1.82, 2.24) is 4.90 Å². The summed E-state index contributed by atoms with van der Waals surface area (Å²) in [5.74, 6) is 0.754. The number of hydrogen-bond acceptors (Lipinski definition) is 3. The Bertz CT molecular complexity index is 740. The molecular weight excluding hydrogens is 324 g/mol. The van der Waals surface area contributed by atoms with Crippen LogP contribution in [-0.4, -0.2) is 44.1 Å². The number of rotatable bonds is 3. The van der Waals surface area contributed by atoms with E-state index in [1.165, 1.54) is 0 Å². The molecule has 1 saturated heterocycles. The lowest BCUT2D eigenvalue weighted by Crippen LogP contribution is -2.48. The van der Waals surface area contributed by atoms with Gasteiger partial charge < -0.3 is 14.5 Å². The van der Waals surface area contributed by atoms with Crippen LogP contribution in [0.4, 0.5) is 5.69 Å². The number of piperazine rings is 1. The van der Waals surface area contributed by atoms with Gasteiger partial charge in [0.2, 0.25) is 0 Å². The Hall–Kier alpha value is -2.20. The molecule has 0 spiro atoms. The van der Waals surface area contributed by atoms with Gasteiger partial charge in [-0.1, -0.05) is 23.7 Å². The SMILES string of the molecule is COc1cccc(C(=O)N2CCN(c3ccc(C)c(Cl)c3)CC2)c1. The van der Waals surface area contributed by atoms with Crippen molar-refractivity contribution >= 4 is 23.2 Å². The third-order valence-electron chi connectivity index (χ3n) is 4.40. The molecule has 24 heavy (non-hydrogen) atoms. The maximum absolute atomic E-state index is 12.6. The van der Waals surface area contributed by atoms with E-state index in [0.29, 0.717) is 24.4 Å². The molecule has 1 amide bonds. The minimum atomic E-state index is 0.0514. The fraction of sp³-hybridized carbons (Fsp3) is 0.316. The molecule has 2 aromatic rings. The second-order valence-corrected chi connectivity index (χ2v) is 6.35. The van der Waals surface area contributed by atoms with Crippen LogP contribution < -0.4 is 9.64 Å². The van der Waals surface area contributed by atoms with Gasteiger partial charge >= 0.3 is 0 Å². The van der Waals surface area contributed by atoms with E-state index in [1.54, 1.807) is 13.2 Å². The van der Waals surface area contributed by atoms with Crippen molar-refractivity contribution in [3.05, 3.63) is 58.6 Å². The lowest BCUT2D eigenvalue weighted by atomic mass is 10.1. The molecule has 0 atom stereocenters. The van der Waals surface area contributed by atoms with Gasteiger partial charge in [-0.05, 0) is 42.8 Å². The molecule has 3 rings (SSSR count). The normalized spacial score (nSPS) is 14.6. The predicted octanol–water partition coefficient (Wildman–Crippen LogP) is 3.62. The quantitative estimate of drug-likeness (QED) is 0.852. The number of halogens is 1. The number of amides is 1. The number of anilines is 1. The van der Waals surface area contributed by atoms with Gasteiger partial charge in [-0.2, -0.15) is 0 Å². The number of ether oxygens (including phenoxy) is 1. The van der Waals surface area contributed by atoms with Crippen LogP contribution in [0, 0.1) is 6.92 Å². The van der Waals surface area contributed by atoms with E-state index in [-0.39, 0.29) is 5.91 Å². The van der Waals surface area contributed by atoms with Crippen LogP contribution in [-0.2, 0) is 0 Å². The average molecular weight is 345 g/mol. The summed E-state index contributed by atoms with van der Waals surface area (Å²) in [4.78, 5) is 16.8. The number of hydrogen-bond donors (Lipinski definition) is 0. The maximum atomic E-state index is 12.6. The smallest absolute Gasteiger partial charge is 0.254 e. The van der Waals surface area contributed by atoms with Crippen molar-refractivity contribution in [2.24, 2.45) is 0 Å². The average Bonchev–Trinajstić information content (AvgIpc) is 2.63. The standard InChI is InChI=1S/C19H21ClN2O2/c1-14-6-7-16(13-18(14)20)21-8-10-22(11-9-21)19(23)15-4-3-5-17(12-15)24-2/h3-7,12-13H,8-11H2,1-2H3. The van der Waals surface area contributed by atoms with E-state index in [0.717, 1.165) is 29.4 Å². The summed E-state index contributed by atoms with van der Waals surface area (Å²) in [6.07, 6.45) is 0. The largest absolute Gasteiger partial charge is 0.497 e. The summed E-state index contributed by atoms with van der Waals surface area (Å²) >= 11 is 6.22. The van der Waals surface area contributed by atoms with E-state index < -0.39 is 0 Å². The van der Waals surface area contributed by atoms with Crippen molar-refractivity contribution in [2.45, 2.75) is 6.92 Å². The Morgan fingerprint density at radius 1 is 1.08 bits per heavy atom. The van der Waals surface area contributed by atoms with E-state index >= 15 is 0 Å². The minimum absolute atomic E-state index is 0.0514. The van der Waals surface area contributed by atoms with Crippen LogP contribution >= 0.6 is 11.6 Å². The molecule has 4 nitrogen and oxygen atoms in total. The highest BCUT2D eigenvalue weighted by molar-refractivity contribution is 6.31. The summed E-state index contributed by atoms with van der Waals surface area (Å²) < 4.78 is 5.20. The first-order valence-electron chi connectivity index (χ1n) is 8.03.